The van der Waals surface area contributed by atoms with Crippen LogP contribution in [0.2, 0.25) is 0 Å². The molecule has 1 amide bonds. The topological polar surface area (TPSA) is 136 Å². The highest BCUT2D eigenvalue weighted by Crippen LogP contribution is 2.30. The number of rotatable bonds is 4. The molecule has 3 rings (SSSR count). The van der Waals surface area contributed by atoms with Crippen molar-refractivity contribution >= 4 is 21.9 Å². The minimum absolute atomic E-state index is 0.0433. The van der Waals surface area contributed by atoms with Crippen LogP contribution in [0.1, 0.15) is 50.7 Å². The Kier molecular flexibility index (Phi) is 7.37. The number of carbonyl (C=O) groups is 2. The van der Waals surface area contributed by atoms with E-state index in [1.165, 1.54) is 6.07 Å². The number of carboxylic acids is 1. The molecule has 2 atom stereocenters. The van der Waals surface area contributed by atoms with Crippen molar-refractivity contribution in [3.05, 3.63) is 30.0 Å². The Morgan fingerprint density at radius 2 is 1.91 bits per heavy atom. The predicted molar refractivity (Wildman–Crippen MR) is 105 cm³/mol. The molecule has 0 unspecified atom stereocenters. The second-order valence-electron chi connectivity index (χ2n) is 7.73. The lowest BCUT2D eigenvalue weighted by atomic mass is 9.91. The molecule has 0 radical (unpaired) electrons. The SMILES string of the molecule is Cc1cn2c(n1)[C@@H](C)C[C@@H](C(=O)NS(=O)(=O)c1ccn(C(C)C)n1)C2.O=C(O)C(F)(F)F. The minimum atomic E-state index is -5.08. The van der Waals surface area contributed by atoms with Gasteiger partial charge in [0.1, 0.15) is 5.82 Å². The van der Waals surface area contributed by atoms with Gasteiger partial charge in [0.15, 0.2) is 5.03 Å². The average Bonchev–Trinajstić information content (AvgIpc) is 3.28. The molecular weight excluding hydrogens is 455 g/mol. The smallest absolute Gasteiger partial charge is 0.475 e. The van der Waals surface area contributed by atoms with Crippen molar-refractivity contribution in [2.24, 2.45) is 5.92 Å². The molecular formula is C18H24F3N5O5S. The van der Waals surface area contributed by atoms with Crippen LogP contribution in [0.25, 0.3) is 0 Å². The number of aromatic nitrogens is 4. The van der Waals surface area contributed by atoms with Gasteiger partial charge in [0, 0.05) is 30.9 Å². The lowest BCUT2D eigenvalue weighted by molar-refractivity contribution is -0.192. The first-order valence-corrected chi connectivity index (χ1v) is 11.1. The van der Waals surface area contributed by atoms with Crippen molar-refractivity contribution in [3.8, 4) is 0 Å². The van der Waals surface area contributed by atoms with E-state index in [-0.39, 0.29) is 17.0 Å². The van der Waals surface area contributed by atoms with E-state index in [9.17, 15) is 26.4 Å². The number of amides is 1. The molecule has 2 aromatic rings. The van der Waals surface area contributed by atoms with Crippen LogP contribution >= 0.6 is 0 Å². The summed E-state index contributed by atoms with van der Waals surface area (Å²) >= 11 is 0. The summed E-state index contributed by atoms with van der Waals surface area (Å²) in [4.78, 5) is 25.9. The Morgan fingerprint density at radius 1 is 1.31 bits per heavy atom. The summed E-state index contributed by atoms with van der Waals surface area (Å²) in [7, 11) is -3.97. The number of carboxylic acid groups (broad SMARTS) is 1. The highest BCUT2D eigenvalue weighted by Gasteiger charge is 2.38. The van der Waals surface area contributed by atoms with Crippen molar-refractivity contribution in [2.75, 3.05) is 0 Å². The highest BCUT2D eigenvalue weighted by molar-refractivity contribution is 7.90. The number of nitrogens with one attached hydrogen (secondary N) is 1. The Hall–Kier alpha value is -2.90. The molecule has 14 heteroatoms. The van der Waals surface area contributed by atoms with Crippen molar-refractivity contribution < 1.29 is 36.3 Å². The first-order valence-electron chi connectivity index (χ1n) is 9.57. The maximum atomic E-state index is 12.5. The molecule has 0 saturated carbocycles. The normalized spacial score (nSPS) is 18.5. The summed E-state index contributed by atoms with van der Waals surface area (Å²) < 4.78 is 62.2. The molecule has 0 saturated heterocycles. The molecule has 32 heavy (non-hydrogen) atoms. The third kappa shape index (κ3) is 6.08. The van der Waals surface area contributed by atoms with Gasteiger partial charge in [-0.2, -0.15) is 26.7 Å². The zero-order valence-corrected chi connectivity index (χ0v) is 18.6. The lowest BCUT2D eigenvalue weighted by Crippen LogP contribution is -2.40. The zero-order valence-electron chi connectivity index (χ0n) is 17.8. The molecule has 0 fully saturated rings. The van der Waals surface area contributed by atoms with Gasteiger partial charge >= 0.3 is 12.1 Å². The molecule has 178 valence electrons. The van der Waals surface area contributed by atoms with E-state index in [1.807, 2.05) is 38.5 Å². The number of sulfonamides is 1. The molecule has 2 aromatic heterocycles. The standard InChI is InChI=1S/C16H23N5O3S.C2HF3O2/c1-10(2)21-6-5-14(18-21)25(23,24)19-16(22)13-7-11(3)15-17-12(4)8-20(15)9-13;3-2(4,5)1(6)7/h5-6,8,10-11,13H,7,9H2,1-4H3,(H,19,22);(H,6,7)/t11-,13+;/m0./s1. The summed E-state index contributed by atoms with van der Waals surface area (Å²) in [5.74, 6) is -2.63. The number of alkyl halides is 3. The Morgan fingerprint density at radius 3 is 2.41 bits per heavy atom. The molecule has 0 aromatic carbocycles. The fourth-order valence-electron chi connectivity index (χ4n) is 3.16. The zero-order chi connectivity index (χ0) is 24.4. The van der Waals surface area contributed by atoms with E-state index in [2.05, 4.69) is 14.8 Å². The van der Waals surface area contributed by atoms with Crippen molar-refractivity contribution in [1.29, 1.82) is 0 Å². The van der Waals surface area contributed by atoms with Gasteiger partial charge in [-0.25, -0.2) is 14.5 Å². The first kappa shape index (κ1) is 25.4. The summed E-state index contributed by atoms with van der Waals surface area (Å²) in [6.07, 6.45) is -1.03. The van der Waals surface area contributed by atoms with E-state index in [0.717, 1.165) is 11.5 Å². The van der Waals surface area contributed by atoms with Crippen LogP contribution < -0.4 is 4.72 Å². The molecule has 0 aliphatic carbocycles. The van der Waals surface area contributed by atoms with Crippen LogP contribution in [0, 0.1) is 12.8 Å². The Balaban J connectivity index is 0.000000451. The second kappa shape index (κ2) is 9.30. The number of hydrogen-bond donors (Lipinski definition) is 2. The summed E-state index contributed by atoms with van der Waals surface area (Å²) in [5, 5.41) is 11.0. The molecule has 2 N–H and O–H groups in total. The van der Waals surface area contributed by atoms with Crippen LogP contribution in [0.15, 0.2) is 23.5 Å². The average molecular weight is 479 g/mol. The van der Waals surface area contributed by atoms with Crippen LogP contribution in [-0.2, 0) is 26.2 Å². The van der Waals surface area contributed by atoms with Crippen molar-refractivity contribution in [2.45, 2.75) is 63.8 Å². The van der Waals surface area contributed by atoms with Crippen LogP contribution in [0.5, 0.6) is 0 Å². The molecule has 3 heterocycles. The number of hydrogen-bond acceptors (Lipinski definition) is 6. The fraction of sp³-hybridized carbons (Fsp3) is 0.556. The third-order valence-electron chi connectivity index (χ3n) is 4.66. The molecule has 0 bridgehead atoms. The van der Waals surface area contributed by atoms with Gasteiger partial charge in [-0.15, -0.1) is 0 Å². The maximum Gasteiger partial charge on any atom is 0.490 e. The fourth-order valence-corrected chi connectivity index (χ4v) is 4.14. The lowest BCUT2D eigenvalue weighted by Gasteiger charge is -2.27. The Labute approximate surface area is 182 Å². The van der Waals surface area contributed by atoms with E-state index >= 15 is 0 Å². The van der Waals surface area contributed by atoms with Gasteiger partial charge in [0.05, 0.1) is 11.6 Å². The first-order chi connectivity index (χ1) is 14.6. The van der Waals surface area contributed by atoms with Gasteiger partial charge in [-0.05, 0) is 33.3 Å². The maximum absolute atomic E-state index is 12.5. The number of halogens is 3. The second-order valence-corrected chi connectivity index (χ2v) is 9.36. The molecule has 0 spiro atoms. The molecule has 10 nitrogen and oxygen atoms in total. The largest absolute Gasteiger partial charge is 0.490 e. The van der Waals surface area contributed by atoms with E-state index in [4.69, 9.17) is 9.90 Å². The van der Waals surface area contributed by atoms with E-state index in [1.54, 1.807) is 10.9 Å². The number of fused-ring (bicyclic) bond motifs is 1. The van der Waals surface area contributed by atoms with E-state index < -0.39 is 34.0 Å². The third-order valence-corrected chi connectivity index (χ3v) is 5.90. The molecule has 1 aliphatic heterocycles. The number of aliphatic carboxylic acids is 1. The number of imidazole rings is 1. The van der Waals surface area contributed by atoms with Gasteiger partial charge in [0.25, 0.3) is 10.0 Å². The predicted octanol–water partition coefficient (Wildman–Crippen LogP) is 2.23. The monoisotopic (exact) mass is 479 g/mol. The quantitative estimate of drug-likeness (QED) is 0.686. The van der Waals surface area contributed by atoms with Gasteiger partial charge in [0.2, 0.25) is 5.91 Å². The van der Waals surface area contributed by atoms with Gasteiger partial charge in [-0.3, -0.25) is 9.48 Å². The van der Waals surface area contributed by atoms with Crippen LogP contribution in [0.3, 0.4) is 0 Å². The summed E-state index contributed by atoms with van der Waals surface area (Å²) in [5.41, 5.74) is 0.898. The molecule has 1 aliphatic rings. The Bertz CT molecular complexity index is 1090. The van der Waals surface area contributed by atoms with Crippen LogP contribution in [0.4, 0.5) is 13.2 Å². The van der Waals surface area contributed by atoms with E-state index in [0.29, 0.717) is 13.0 Å². The number of carbonyl (C=O) groups excluding carboxylic acids is 1. The van der Waals surface area contributed by atoms with Gasteiger partial charge < -0.3 is 9.67 Å². The van der Waals surface area contributed by atoms with Gasteiger partial charge in [-0.1, -0.05) is 6.92 Å². The summed E-state index contributed by atoms with van der Waals surface area (Å²) in [6.45, 7) is 8.13. The van der Waals surface area contributed by atoms with Crippen LogP contribution in [-0.4, -0.2) is 50.9 Å². The summed E-state index contributed by atoms with van der Waals surface area (Å²) in [6, 6.07) is 1.44. The van der Waals surface area contributed by atoms with Crippen molar-refractivity contribution in [1.82, 2.24) is 24.1 Å². The number of nitrogens with zero attached hydrogens (tertiary/aromatic N) is 4. The van der Waals surface area contributed by atoms with Crippen molar-refractivity contribution in [3.63, 3.8) is 0 Å². The minimum Gasteiger partial charge on any atom is -0.475 e. The number of aryl methyl sites for hydroxylation is 1. The highest BCUT2D eigenvalue weighted by atomic mass is 32.2.